The molecule has 5 N–H and O–H groups in total. The maximum absolute atomic E-state index is 14.1. The number of methoxy groups -OCH3 is 1. The van der Waals surface area contributed by atoms with Gasteiger partial charge in [0.05, 0.1) is 19.4 Å². The van der Waals surface area contributed by atoms with Gasteiger partial charge in [0.2, 0.25) is 5.91 Å². The Balaban J connectivity index is 1.85. The fourth-order valence-electron chi connectivity index (χ4n) is 4.56. The summed E-state index contributed by atoms with van der Waals surface area (Å²) in [4.78, 5) is 41.2. The zero-order valence-corrected chi connectivity index (χ0v) is 22.1. The molecule has 4 rings (SSSR count). The van der Waals surface area contributed by atoms with Crippen LogP contribution in [-0.2, 0) is 4.79 Å². The van der Waals surface area contributed by atoms with Gasteiger partial charge in [0.25, 0.3) is 11.8 Å². The first kappa shape index (κ1) is 26.9. The molecule has 0 spiro atoms. The predicted molar refractivity (Wildman–Crippen MR) is 146 cm³/mol. The number of carbonyl (C=O) groups excluding carboxylic acids is 3. The van der Waals surface area contributed by atoms with Crippen LogP contribution in [0.2, 0.25) is 0 Å². The van der Waals surface area contributed by atoms with Crippen molar-refractivity contribution in [1.82, 2.24) is 9.69 Å². The van der Waals surface area contributed by atoms with E-state index in [1.807, 2.05) is 6.92 Å². The fraction of sp³-hybridized carbons (Fsp3) is 0.333. The van der Waals surface area contributed by atoms with E-state index in [2.05, 4.69) is 9.69 Å². The Morgan fingerprint density at radius 3 is 2.45 bits per heavy atom. The summed E-state index contributed by atoms with van der Waals surface area (Å²) < 4.78 is 15.0. The van der Waals surface area contributed by atoms with Gasteiger partial charge in [0.15, 0.2) is 5.69 Å². The Morgan fingerprint density at radius 1 is 1.13 bits per heavy atom. The number of nitrogens with two attached hydrogens (primary N) is 2. The number of primary amides is 1. The molecule has 0 radical (unpaired) electrons. The molecule has 3 amide bonds. The SMILES string of the molecule is CCOc1ccc([C@H](C(=O)NC2CCCC2)N(C(=O)c2snc(C(N)=O)c2N)c2cccc(OC)c2)cc1. The van der Waals surface area contributed by atoms with E-state index in [0.29, 0.717) is 29.4 Å². The molecule has 38 heavy (non-hydrogen) atoms. The molecule has 3 aromatic rings. The van der Waals surface area contributed by atoms with Gasteiger partial charge >= 0.3 is 0 Å². The van der Waals surface area contributed by atoms with Crippen molar-refractivity contribution in [2.75, 3.05) is 24.4 Å². The quantitative estimate of drug-likeness (QED) is 0.357. The lowest BCUT2D eigenvalue weighted by Crippen LogP contribution is -2.46. The van der Waals surface area contributed by atoms with Crippen LogP contribution < -0.4 is 31.2 Å². The predicted octanol–water partition coefficient (Wildman–Crippen LogP) is 3.68. The van der Waals surface area contributed by atoms with Crippen LogP contribution >= 0.6 is 11.5 Å². The first-order valence-electron chi connectivity index (χ1n) is 12.4. The maximum Gasteiger partial charge on any atom is 0.273 e. The number of benzene rings is 2. The highest BCUT2D eigenvalue weighted by atomic mass is 32.1. The van der Waals surface area contributed by atoms with Crippen LogP contribution in [0.4, 0.5) is 11.4 Å². The van der Waals surface area contributed by atoms with Crippen molar-refractivity contribution in [2.45, 2.75) is 44.7 Å². The van der Waals surface area contributed by atoms with Crippen LogP contribution in [-0.4, -0.2) is 41.9 Å². The summed E-state index contributed by atoms with van der Waals surface area (Å²) in [6.45, 7) is 2.38. The standard InChI is InChI=1S/C27H31N5O5S/c1-3-37-19-13-11-16(12-14-19)23(26(34)30-17-7-4-5-8-17)32(18-9-6-10-20(15-18)36-2)27(35)24-21(28)22(25(29)33)31-38-24/h6,9-15,17,23H,3-5,7-8,28H2,1-2H3,(H2,29,33)(H,30,34)/t23-/m1/s1. The van der Waals surface area contributed by atoms with E-state index in [1.54, 1.807) is 48.5 Å². The minimum Gasteiger partial charge on any atom is -0.497 e. The van der Waals surface area contributed by atoms with E-state index in [9.17, 15) is 14.4 Å². The number of anilines is 2. The monoisotopic (exact) mass is 537 g/mol. The van der Waals surface area contributed by atoms with E-state index in [0.717, 1.165) is 37.2 Å². The average molecular weight is 538 g/mol. The molecule has 1 saturated carbocycles. The van der Waals surface area contributed by atoms with Gasteiger partial charge in [-0.05, 0) is 61.1 Å². The van der Waals surface area contributed by atoms with Crippen molar-refractivity contribution < 1.29 is 23.9 Å². The maximum atomic E-state index is 14.1. The molecule has 10 nitrogen and oxygen atoms in total. The second-order valence-corrected chi connectivity index (χ2v) is 9.68. The first-order chi connectivity index (χ1) is 18.3. The molecule has 0 aliphatic heterocycles. The van der Waals surface area contributed by atoms with Crippen molar-refractivity contribution in [1.29, 1.82) is 0 Å². The van der Waals surface area contributed by atoms with Crippen molar-refractivity contribution in [2.24, 2.45) is 5.73 Å². The number of nitrogens with one attached hydrogen (secondary N) is 1. The molecular formula is C27H31N5O5S. The molecule has 1 aliphatic carbocycles. The normalized spacial score (nSPS) is 14.1. The van der Waals surface area contributed by atoms with E-state index >= 15 is 0 Å². The molecule has 0 saturated heterocycles. The smallest absolute Gasteiger partial charge is 0.273 e. The van der Waals surface area contributed by atoms with Crippen molar-refractivity contribution in [3.63, 3.8) is 0 Å². The van der Waals surface area contributed by atoms with Crippen LogP contribution in [0.3, 0.4) is 0 Å². The fourth-order valence-corrected chi connectivity index (χ4v) is 5.31. The Morgan fingerprint density at radius 2 is 1.84 bits per heavy atom. The number of amides is 3. The number of hydrogen-bond acceptors (Lipinski definition) is 8. The van der Waals surface area contributed by atoms with Gasteiger partial charge in [-0.3, -0.25) is 19.3 Å². The van der Waals surface area contributed by atoms with Crippen LogP contribution in [0, 0.1) is 0 Å². The number of hydrogen-bond donors (Lipinski definition) is 3. The van der Waals surface area contributed by atoms with Crippen molar-refractivity contribution in [3.8, 4) is 11.5 Å². The first-order valence-corrected chi connectivity index (χ1v) is 13.2. The van der Waals surface area contributed by atoms with Gasteiger partial charge < -0.3 is 26.3 Å². The zero-order valence-electron chi connectivity index (χ0n) is 21.3. The second-order valence-electron chi connectivity index (χ2n) is 8.91. The molecule has 1 heterocycles. The lowest BCUT2D eigenvalue weighted by molar-refractivity contribution is -0.123. The summed E-state index contributed by atoms with van der Waals surface area (Å²) in [6.07, 6.45) is 3.81. The molecule has 0 bridgehead atoms. The summed E-state index contributed by atoms with van der Waals surface area (Å²) in [7, 11) is 1.52. The summed E-state index contributed by atoms with van der Waals surface area (Å²) in [6, 6.07) is 12.8. The largest absolute Gasteiger partial charge is 0.497 e. The summed E-state index contributed by atoms with van der Waals surface area (Å²) >= 11 is 0.762. The third-order valence-electron chi connectivity index (χ3n) is 6.42. The molecule has 1 fully saturated rings. The van der Waals surface area contributed by atoms with Gasteiger partial charge in [0, 0.05) is 17.8 Å². The zero-order chi connectivity index (χ0) is 27.2. The van der Waals surface area contributed by atoms with Gasteiger partial charge in [-0.1, -0.05) is 31.0 Å². The van der Waals surface area contributed by atoms with E-state index in [4.69, 9.17) is 20.9 Å². The highest BCUT2D eigenvalue weighted by Gasteiger charge is 2.37. The lowest BCUT2D eigenvalue weighted by atomic mass is 10.0. The van der Waals surface area contributed by atoms with E-state index in [-0.39, 0.29) is 28.2 Å². The van der Waals surface area contributed by atoms with Gasteiger partial charge in [0.1, 0.15) is 22.4 Å². The highest BCUT2D eigenvalue weighted by molar-refractivity contribution is 7.09. The number of rotatable bonds is 10. The minimum atomic E-state index is -1.07. The minimum absolute atomic E-state index is 0.00576. The van der Waals surface area contributed by atoms with Crippen LogP contribution in [0.15, 0.2) is 48.5 Å². The van der Waals surface area contributed by atoms with Crippen LogP contribution in [0.1, 0.15) is 64.4 Å². The molecule has 0 unspecified atom stereocenters. The summed E-state index contributed by atoms with van der Waals surface area (Å²) in [5.41, 5.74) is 12.2. The van der Waals surface area contributed by atoms with E-state index < -0.39 is 17.9 Å². The Kier molecular flexibility index (Phi) is 8.47. The van der Waals surface area contributed by atoms with Gasteiger partial charge in [-0.2, -0.15) is 4.37 Å². The number of aromatic nitrogens is 1. The van der Waals surface area contributed by atoms with Crippen LogP contribution in [0.5, 0.6) is 11.5 Å². The molecule has 200 valence electrons. The lowest BCUT2D eigenvalue weighted by Gasteiger charge is -2.32. The second kappa shape index (κ2) is 12.0. The third kappa shape index (κ3) is 5.72. The van der Waals surface area contributed by atoms with Crippen molar-refractivity contribution in [3.05, 3.63) is 64.7 Å². The topological polar surface area (TPSA) is 150 Å². The van der Waals surface area contributed by atoms with Gasteiger partial charge in [-0.15, -0.1) is 0 Å². The number of nitrogen functional groups attached to an aromatic ring is 1. The molecular weight excluding hydrogens is 506 g/mol. The van der Waals surface area contributed by atoms with Crippen molar-refractivity contribution >= 4 is 40.6 Å². The summed E-state index contributed by atoms with van der Waals surface area (Å²) in [5, 5.41) is 3.13. The van der Waals surface area contributed by atoms with Gasteiger partial charge in [-0.25, -0.2) is 0 Å². The van der Waals surface area contributed by atoms with Crippen LogP contribution in [0.25, 0.3) is 0 Å². The molecule has 1 aromatic heterocycles. The number of ether oxygens (including phenoxy) is 2. The molecule has 1 aliphatic rings. The Hall–Kier alpha value is -4.12. The Labute approximate surface area is 225 Å². The molecule has 2 aromatic carbocycles. The number of nitrogens with zero attached hydrogens (tertiary/aromatic N) is 2. The highest BCUT2D eigenvalue weighted by Crippen LogP contribution is 2.35. The average Bonchev–Trinajstić information content (AvgIpc) is 3.57. The summed E-state index contributed by atoms with van der Waals surface area (Å²) in [5.74, 6) is -0.635. The molecule has 1 atom stereocenters. The molecule has 11 heteroatoms. The Bertz CT molecular complexity index is 1300. The number of carbonyl (C=O) groups is 3. The third-order valence-corrected chi connectivity index (χ3v) is 7.27. The van der Waals surface area contributed by atoms with E-state index in [1.165, 1.54) is 12.0 Å².